The molecule has 1 fully saturated rings. The highest BCUT2D eigenvalue weighted by Crippen LogP contribution is 2.24. The first-order valence-corrected chi connectivity index (χ1v) is 9.76. The number of nitrogens with zero attached hydrogens (tertiary/aromatic N) is 5. The molecule has 7 nitrogen and oxygen atoms in total. The molecule has 4 heterocycles. The number of aliphatic hydroxyl groups is 1. The summed E-state index contributed by atoms with van der Waals surface area (Å²) in [4.78, 5) is 11.4. The standard InChI is InChI=1S/C20H27N5O2.ClH/c1-14(2)17-12-15-4-3-8-21-20(15)25(17)11-7-18-22-19(27-23-18)13-24-9-5-16(26)6-10-24;/h3-4,8,12,14,16,26H,5-7,9-11,13H2,1-2H3;1H. The molecule has 0 aromatic carbocycles. The van der Waals surface area contributed by atoms with Gasteiger partial charge in [0, 0.05) is 43.3 Å². The zero-order valence-electron chi connectivity index (χ0n) is 16.4. The summed E-state index contributed by atoms with van der Waals surface area (Å²) in [5, 5.41) is 14.9. The summed E-state index contributed by atoms with van der Waals surface area (Å²) in [5.74, 6) is 1.81. The van der Waals surface area contributed by atoms with Gasteiger partial charge in [-0.3, -0.25) is 4.90 Å². The lowest BCUT2D eigenvalue weighted by Crippen LogP contribution is -2.35. The second-order valence-electron chi connectivity index (χ2n) is 7.65. The Morgan fingerprint density at radius 1 is 1.29 bits per heavy atom. The Morgan fingerprint density at radius 3 is 2.82 bits per heavy atom. The number of aromatic nitrogens is 4. The molecule has 1 aliphatic rings. The zero-order chi connectivity index (χ0) is 18.8. The minimum Gasteiger partial charge on any atom is -0.393 e. The highest BCUT2D eigenvalue weighted by Gasteiger charge is 2.19. The maximum atomic E-state index is 9.61. The van der Waals surface area contributed by atoms with Gasteiger partial charge in [0.05, 0.1) is 12.6 Å². The van der Waals surface area contributed by atoms with Crippen LogP contribution in [-0.2, 0) is 19.5 Å². The molecule has 0 aliphatic carbocycles. The van der Waals surface area contributed by atoms with Crippen molar-refractivity contribution in [3.63, 3.8) is 0 Å². The Morgan fingerprint density at radius 2 is 2.07 bits per heavy atom. The molecule has 0 spiro atoms. The van der Waals surface area contributed by atoms with Crippen molar-refractivity contribution in [2.45, 2.75) is 58.2 Å². The molecule has 0 radical (unpaired) electrons. The molecule has 0 bridgehead atoms. The van der Waals surface area contributed by atoms with Crippen LogP contribution < -0.4 is 0 Å². The van der Waals surface area contributed by atoms with Crippen LogP contribution in [0, 0.1) is 0 Å². The number of halogens is 1. The van der Waals surface area contributed by atoms with E-state index in [0.29, 0.717) is 24.8 Å². The third-order valence-electron chi connectivity index (χ3n) is 5.26. The zero-order valence-corrected chi connectivity index (χ0v) is 17.2. The fourth-order valence-electron chi connectivity index (χ4n) is 3.76. The van der Waals surface area contributed by atoms with Gasteiger partial charge in [0.1, 0.15) is 5.65 Å². The molecule has 3 aromatic heterocycles. The van der Waals surface area contributed by atoms with Crippen LogP contribution in [0.4, 0.5) is 0 Å². The molecule has 1 N–H and O–H groups in total. The normalized spacial score (nSPS) is 16.0. The number of aliphatic hydroxyl groups excluding tert-OH is 1. The van der Waals surface area contributed by atoms with Crippen LogP contribution >= 0.6 is 12.4 Å². The first-order chi connectivity index (χ1) is 13.1. The number of hydrogen-bond donors (Lipinski definition) is 1. The maximum absolute atomic E-state index is 9.61. The second kappa shape index (κ2) is 9.03. The summed E-state index contributed by atoms with van der Waals surface area (Å²) in [6.07, 6.45) is 4.01. The van der Waals surface area contributed by atoms with Crippen molar-refractivity contribution in [1.82, 2.24) is 24.6 Å². The largest absolute Gasteiger partial charge is 0.393 e. The van der Waals surface area contributed by atoms with E-state index in [4.69, 9.17) is 4.52 Å². The molecule has 8 heteroatoms. The van der Waals surface area contributed by atoms with E-state index in [2.05, 4.69) is 50.6 Å². The molecule has 0 unspecified atom stereocenters. The van der Waals surface area contributed by atoms with E-state index < -0.39 is 0 Å². The number of pyridine rings is 1. The maximum Gasteiger partial charge on any atom is 0.240 e. The van der Waals surface area contributed by atoms with Crippen LogP contribution in [0.15, 0.2) is 28.9 Å². The Bertz CT molecular complexity index is 899. The van der Waals surface area contributed by atoms with Crippen molar-refractivity contribution in [3.05, 3.63) is 41.8 Å². The average Bonchev–Trinajstić information content (AvgIpc) is 3.26. The van der Waals surface area contributed by atoms with Gasteiger partial charge in [-0.2, -0.15) is 4.98 Å². The van der Waals surface area contributed by atoms with Crippen LogP contribution in [0.1, 0.15) is 50.0 Å². The van der Waals surface area contributed by atoms with E-state index in [1.807, 2.05) is 12.3 Å². The van der Waals surface area contributed by atoms with Crippen LogP contribution in [-0.4, -0.2) is 48.9 Å². The van der Waals surface area contributed by atoms with Crippen molar-refractivity contribution >= 4 is 23.4 Å². The van der Waals surface area contributed by atoms with Crippen LogP contribution in [0.5, 0.6) is 0 Å². The molecule has 4 rings (SSSR count). The van der Waals surface area contributed by atoms with Crippen LogP contribution in [0.2, 0.25) is 0 Å². The minimum atomic E-state index is -0.167. The lowest BCUT2D eigenvalue weighted by molar-refractivity contribution is 0.0740. The Kier molecular flexibility index (Phi) is 6.69. The number of aryl methyl sites for hydroxylation is 2. The highest BCUT2D eigenvalue weighted by molar-refractivity contribution is 5.85. The van der Waals surface area contributed by atoms with Gasteiger partial charge in [0.25, 0.3) is 0 Å². The predicted octanol–water partition coefficient (Wildman–Crippen LogP) is 3.16. The molecule has 0 atom stereocenters. The summed E-state index contributed by atoms with van der Waals surface area (Å²) >= 11 is 0. The van der Waals surface area contributed by atoms with Gasteiger partial charge in [0.2, 0.25) is 5.89 Å². The van der Waals surface area contributed by atoms with E-state index in [1.165, 1.54) is 11.1 Å². The molecule has 1 aliphatic heterocycles. The number of likely N-dealkylation sites (tertiary alicyclic amines) is 1. The van der Waals surface area contributed by atoms with Gasteiger partial charge in [-0.25, -0.2) is 4.98 Å². The van der Waals surface area contributed by atoms with Crippen LogP contribution in [0.25, 0.3) is 11.0 Å². The summed E-state index contributed by atoms with van der Waals surface area (Å²) in [7, 11) is 0. The van der Waals surface area contributed by atoms with Gasteiger partial charge >= 0.3 is 0 Å². The topological polar surface area (TPSA) is 80.2 Å². The van der Waals surface area contributed by atoms with Gasteiger partial charge in [0.15, 0.2) is 5.82 Å². The SMILES string of the molecule is CC(C)c1cc2cccnc2n1CCc1noc(CN2CCC(O)CC2)n1.Cl. The predicted molar refractivity (Wildman–Crippen MR) is 110 cm³/mol. The summed E-state index contributed by atoms with van der Waals surface area (Å²) in [6.45, 7) is 7.59. The van der Waals surface area contributed by atoms with Gasteiger partial charge < -0.3 is 14.2 Å². The highest BCUT2D eigenvalue weighted by atomic mass is 35.5. The average molecular weight is 406 g/mol. The van der Waals surface area contributed by atoms with Gasteiger partial charge in [-0.1, -0.05) is 19.0 Å². The molecular weight excluding hydrogens is 378 g/mol. The van der Waals surface area contributed by atoms with E-state index in [-0.39, 0.29) is 18.5 Å². The molecule has 152 valence electrons. The summed E-state index contributed by atoms with van der Waals surface area (Å²) in [5.41, 5.74) is 2.29. The number of piperidine rings is 1. The lowest BCUT2D eigenvalue weighted by Gasteiger charge is -2.27. The smallest absolute Gasteiger partial charge is 0.240 e. The Labute approximate surface area is 171 Å². The van der Waals surface area contributed by atoms with Crippen molar-refractivity contribution in [1.29, 1.82) is 0 Å². The third kappa shape index (κ3) is 4.54. The van der Waals surface area contributed by atoms with Crippen LogP contribution in [0.3, 0.4) is 0 Å². The number of hydrogen-bond acceptors (Lipinski definition) is 6. The second-order valence-corrected chi connectivity index (χ2v) is 7.65. The van der Waals surface area contributed by atoms with E-state index in [1.54, 1.807) is 0 Å². The molecule has 3 aromatic rings. The molecule has 0 saturated carbocycles. The third-order valence-corrected chi connectivity index (χ3v) is 5.26. The van der Waals surface area contributed by atoms with Crippen molar-refractivity contribution in [3.8, 4) is 0 Å². The number of fused-ring (bicyclic) bond motifs is 1. The Balaban J connectivity index is 0.00000225. The van der Waals surface area contributed by atoms with Gasteiger partial charge in [-0.15, -0.1) is 12.4 Å². The molecule has 0 amide bonds. The fourth-order valence-corrected chi connectivity index (χ4v) is 3.76. The molecule has 1 saturated heterocycles. The monoisotopic (exact) mass is 405 g/mol. The summed E-state index contributed by atoms with van der Waals surface area (Å²) in [6, 6.07) is 6.30. The van der Waals surface area contributed by atoms with E-state index in [9.17, 15) is 5.11 Å². The van der Waals surface area contributed by atoms with Crippen molar-refractivity contribution in [2.24, 2.45) is 0 Å². The van der Waals surface area contributed by atoms with Crippen molar-refractivity contribution < 1.29 is 9.63 Å². The van der Waals surface area contributed by atoms with E-state index in [0.717, 1.165) is 43.9 Å². The molecule has 28 heavy (non-hydrogen) atoms. The quantitative estimate of drug-likeness (QED) is 0.678. The Hall–Kier alpha value is -1.96. The first kappa shape index (κ1) is 20.8. The lowest BCUT2D eigenvalue weighted by atomic mass is 10.1. The first-order valence-electron chi connectivity index (χ1n) is 9.76. The van der Waals surface area contributed by atoms with Crippen molar-refractivity contribution in [2.75, 3.05) is 13.1 Å². The van der Waals surface area contributed by atoms with E-state index >= 15 is 0 Å². The number of rotatable bonds is 6. The molecular formula is C20H28ClN5O2. The minimum absolute atomic E-state index is 0. The summed E-state index contributed by atoms with van der Waals surface area (Å²) < 4.78 is 7.71. The fraction of sp³-hybridized carbons (Fsp3) is 0.550. The van der Waals surface area contributed by atoms with Gasteiger partial charge in [-0.05, 0) is 37.0 Å².